The van der Waals surface area contributed by atoms with Crippen molar-refractivity contribution in [3.05, 3.63) is 46.9 Å². The van der Waals surface area contributed by atoms with Crippen LogP contribution in [0.25, 0.3) is 0 Å². The Morgan fingerprint density at radius 1 is 1.33 bits per heavy atom. The fraction of sp³-hybridized carbons (Fsp3) is 0.267. The minimum atomic E-state index is -0.403. The molecule has 0 saturated carbocycles. The number of thiophene rings is 1. The zero-order valence-corrected chi connectivity index (χ0v) is 12.2. The molecule has 108 valence electrons. The largest absolute Gasteiger partial charge is 0.326 e. The number of pyridine rings is 1. The highest BCUT2D eigenvalue weighted by atomic mass is 32.1. The summed E-state index contributed by atoms with van der Waals surface area (Å²) in [6.45, 7) is 0.627. The van der Waals surface area contributed by atoms with Gasteiger partial charge in [0.15, 0.2) is 0 Å². The van der Waals surface area contributed by atoms with Crippen molar-refractivity contribution in [3.8, 4) is 0 Å². The van der Waals surface area contributed by atoms with E-state index < -0.39 is 6.04 Å². The van der Waals surface area contributed by atoms with Crippen LogP contribution >= 0.6 is 11.3 Å². The van der Waals surface area contributed by atoms with Crippen LogP contribution in [0.15, 0.2) is 42.0 Å². The van der Waals surface area contributed by atoms with E-state index in [-0.39, 0.29) is 11.8 Å². The van der Waals surface area contributed by atoms with E-state index in [1.807, 2.05) is 11.4 Å². The Labute approximate surface area is 126 Å². The lowest BCUT2D eigenvalue weighted by molar-refractivity contribution is -0.119. The Bertz CT molecular complexity index is 628. The molecule has 0 aliphatic carbocycles. The summed E-state index contributed by atoms with van der Waals surface area (Å²) in [5, 5.41) is 4.69. The molecule has 1 aliphatic heterocycles. The zero-order valence-electron chi connectivity index (χ0n) is 11.4. The lowest BCUT2D eigenvalue weighted by Gasteiger charge is -2.23. The fourth-order valence-electron chi connectivity index (χ4n) is 2.49. The summed E-state index contributed by atoms with van der Waals surface area (Å²) in [5.74, 6) is -0.209. The fourth-order valence-corrected chi connectivity index (χ4v) is 3.17. The van der Waals surface area contributed by atoms with Crippen molar-refractivity contribution in [1.82, 2.24) is 9.88 Å². The summed E-state index contributed by atoms with van der Waals surface area (Å²) in [5.41, 5.74) is 0.651. The minimum absolute atomic E-state index is 0.0613. The van der Waals surface area contributed by atoms with Crippen LogP contribution in [0.4, 0.5) is 5.69 Å². The molecule has 3 rings (SSSR count). The highest BCUT2D eigenvalue weighted by molar-refractivity contribution is 7.12. The van der Waals surface area contributed by atoms with Crippen molar-refractivity contribution in [2.75, 3.05) is 11.9 Å². The summed E-state index contributed by atoms with van der Waals surface area (Å²) in [7, 11) is 0. The average Bonchev–Trinajstić information content (AvgIpc) is 3.19. The quantitative estimate of drug-likeness (QED) is 0.947. The van der Waals surface area contributed by atoms with Gasteiger partial charge >= 0.3 is 0 Å². The normalized spacial score (nSPS) is 17.7. The predicted molar refractivity (Wildman–Crippen MR) is 81.2 cm³/mol. The van der Waals surface area contributed by atoms with Crippen molar-refractivity contribution < 1.29 is 9.59 Å². The summed E-state index contributed by atoms with van der Waals surface area (Å²) in [6.07, 6.45) is 4.79. The second kappa shape index (κ2) is 6.05. The van der Waals surface area contributed by atoms with Crippen LogP contribution in [0.3, 0.4) is 0 Å². The predicted octanol–water partition coefficient (Wildman–Crippen LogP) is 2.39. The van der Waals surface area contributed by atoms with Crippen LogP contribution in [-0.2, 0) is 4.79 Å². The molecule has 1 N–H and O–H groups in total. The first-order valence-electron chi connectivity index (χ1n) is 6.81. The number of anilines is 1. The average molecular weight is 301 g/mol. The van der Waals surface area contributed by atoms with Gasteiger partial charge < -0.3 is 10.2 Å². The zero-order chi connectivity index (χ0) is 14.7. The molecule has 0 aromatic carbocycles. The SMILES string of the molecule is O=C(Nc1cccnc1)C1CCCN1C(=O)c1cccs1. The van der Waals surface area contributed by atoms with Crippen LogP contribution in [0.5, 0.6) is 0 Å². The maximum atomic E-state index is 12.4. The molecule has 3 heterocycles. The van der Waals surface area contributed by atoms with Gasteiger partial charge in [-0.3, -0.25) is 14.6 Å². The summed E-state index contributed by atoms with van der Waals surface area (Å²) < 4.78 is 0. The van der Waals surface area contributed by atoms with Gasteiger partial charge in [-0.25, -0.2) is 0 Å². The van der Waals surface area contributed by atoms with Gasteiger partial charge in [0.2, 0.25) is 5.91 Å². The number of hydrogen-bond acceptors (Lipinski definition) is 4. The summed E-state index contributed by atoms with van der Waals surface area (Å²) in [6, 6.07) is 6.78. The van der Waals surface area contributed by atoms with Gasteiger partial charge in [0, 0.05) is 12.7 Å². The lowest BCUT2D eigenvalue weighted by atomic mass is 10.2. The number of carbonyl (C=O) groups excluding carboxylic acids is 2. The topological polar surface area (TPSA) is 62.3 Å². The molecule has 1 aliphatic rings. The van der Waals surface area contributed by atoms with Crippen molar-refractivity contribution in [1.29, 1.82) is 0 Å². The number of hydrogen-bond donors (Lipinski definition) is 1. The van der Waals surface area contributed by atoms with Crippen molar-refractivity contribution >= 4 is 28.8 Å². The molecular weight excluding hydrogens is 286 g/mol. The molecule has 6 heteroatoms. The van der Waals surface area contributed by atoms with Crippen molar-refractivity contribution in [3.63, 3.8) is 0 Å². The van der Waals surface area contributed by atoms with E-state index >= 15 is 0 Å². The lowest BCUT2D eigenvalue weighted by Crippen LogP contribution is -2.42. The first kappa shape index (κ1) is 13.8. The Morgan fingerprint density at radius 2 is 2.24 bits per heavy atom. The Kier molecular flexibility index (Phi) is 3.96. The summed E-state index contributed by atoms with van der Waals surface area (Å²) in [4.78, 5) is 31.1. The number of likely N-dealkylation sites (tertiary alicyclic amines) is 1. The van der Waals surface area contributed by atoms with Gasteiger partial charge in [-0.2, -0.15) is 0 Å². The van der Waals surface area contributed by atoms with Gasteiger partial charge in [-0.05, 0) is 36.4 Å². The number of rotatable bonds is 3. The maximum Gasteiger partial charge on any atom is 0.264 e. The Hall–Kier alpha value is -2.21. The Morgan fingerprint density at radius 3 is 2.95 bits per heavy atom. The molecule has 21 heavy (non-hydrogen) atoms. The maximum absolute atomic E-state index is 12.4. The van der Waals surface area contributed by atoms with E-state index in [1.165, 1.54) is 11.3 Å². The second-order valence-corrected chi connectivity index (χ2v) is 5.81. The second-order valence-electron chi connectivity index (χ2n) is 4.86. The van der Waals surface area contributed by atoms with Crippen LogP contribution in [0, 0.1) is 0 Å². The van der Waals surface area contributed by atoms with Crippen LogP contribution in [0.2, 0.25) is 0 Å². The third kappa shape index (κ3) is 2.95. The number of aromatic nitrogens is 1. The molecule has 1 unspecified atom stereocenters. The molecule has 1 fully saturated rings. The van der Waals surface area contributed by atoms with Crippen LogP contribution in [-0.4, -0.2) is 34.3 Å². The monoisotopic (exact) mass is 301 g/mol. The third-order valence-corrected chi connectivity index (χ3v) is 4.34. The standard InChI is InChI=1S/C15H15N3O2S/c19-14(17-11-4-1-7-16-10-11)12-5-2-8-18(12)15(20)13-6-3-9-21-13/h1,3-4,6-7,9-10,12H,2,5,8H2,(H,17,19). The molecule has 0 bridgehead atoms. The van der Waals surface area contributed by atoms with E-state index in [4.69, 9.17) is 0 Å². The molecule has 2 aromatic rings. The van der Waals surface area contributed by atoms with Crippen LogP contribution < -0.4 is 5.32 Å². The van der Waals surface area contributed by atoms with Gasteiger partial charge in [-0.1, -0.05) is 6.07 Å². The molecule has 0 spiro atoms. The first-order chi connectivity index (χ1) is 10.3. The van der Waals surface area contributed by atoms with Gasteiger partial charge in [0.25, 0.3) is 5.91 Å². The highest BCUT2D eigenvalue weighted by Crippen LogP contribution is 2.23. The van der Waals surface area contributed by atoms with Crippen LogP contribution in [0.1, 0.15) is 22.5 Å². The molecule has 2 aromatic heterocycles. The summed E-state index contributed by atoms with van der Waals surface area (Å²) >= 11 is 1.40. The van der Waals surface area contributed by atoms with Gasteiger partial charge in [0.1, 0.15) is 6.04 Å². The highest BCUT2D eigenvalue weighted by Gasteiger charge is 2.34. The number of carbonyl (C=O) groups is 2. The number of nitrogens with one attached hydrogen (secondary N) is 1. The van der Waals surface area contributed by atoms with E-state index in [9.17, 15) is 9.59 Å². The Balaban J connectivity index is 1.72. The third-order valence-electron chi connectivity index (χ3n) is 3.48. The van der Waals surface area contributed by atoms with E-state index in [0.29, 0.717) is 23.5 Å². The molecule has 5 nitrogen and oxygen atoms in total. The molecule has 0 radical (unpaired) electrons. The molecule has 1 atom stereocenters. The molecular formula is C15H15N3O2S. The van der Waals surface area contributed by atoms with E-state index in [2.05, 4.69) is 10.3 Å². The van der Waals surface area contributed by atoms with Gasteiger partial charge in [-0.15, -0.1) is 11.3 Å². The first-order valence-corrected chi connectivity index (χ1v) is 7.69. The number of nitrogens with zero attached hydrogens (tertiary/aromatic N) is 2. The van der Waals surface area contributed by atoms with Gasteiger partial charge in [0.05, 0.1) is 16.8 Å². The van der Waals surface area contributed by atoms with E-state index in [1.54, 1.807) is 35.5 Å². The molecule has 1 saturated heterocycles. The minimum Gasteiger partial charge on any atom is -0.326 e. The van der Waals surface area contributed by atoms with Crippen molar-refractivity contribution in [2.45, 2.75) is 18.9 Å². The smallest absolute Gasteiger partial charge is 0.264 e. The van der Waals surface area contributed by atoms with Crippen molar-refractivity contribution in [2.24, 2.45) is 0 Å². The number of amides is 2. The van der Waals surface area contributed by atoms with E-state index in [0.717, 1.165) is 6.42 Å². The molecule has 2 amide bonds.